The number of anilines is 2. The highest BCUT2D eigenvalue weighted by Gasteiger charge is 2.35. The average Bonchev–Trinajstić information content (AvgIpc) is 3.14. The van der Waals surface area contributed by atoms with Crippen LogP contribution < -0.4 is 15.0 Å². The number of nitrogens with zero attached hydrogens (tertiary/aromatic N) is 3. The zero-order chi connectivity index (χ0) is 24.4. The Morgan fingerprint density at radius 2 is 1.74 bits per heavy atom. The van der Waals surface area contributed by atoms with E-state index in [1.165, 1.54) is 12.0 Å². The predicted molar refractivity (Wildman–Crippen MR) is 129 cm³/mol. The minimum Gasteiger partial charge on any atom is -0.496 e. The lowest BCUT2D eigenvalue weighted by Gasteiger charge is -2.27. The fourth-order valence-electron chi connectivity index (χ4n) is 4.23. The lowest BCUT2D eigenvalue weighted by molar-refractivity contribution is 0.0642. The Bertz CT molecular complexity index is 1250. The van der Waals surface area contributed by atoms with E-state index < -0.39 is 0 Å². The van der Waals surface area contributed by atoms with Crippen molar-refractivity contribution >= 4 is 29.2 Å². The Hall–Kier alpha value is -4.24. The molecule has 0 atom stereocenters. The first-order chi connectivity index (χ1) is 17.0. The lowest BCUT2D eigenvalue weighted by atomic mass is 10.1. The topological polar surface area (TPSA) is 101 Å². The van der Waals surface area contributed by atoms with Crippen molar-refractivity contribution in [2.45, 2.75) is 6.54 Å². The molecular formula is C26H24N4O5. The van der Waals surface area contributed by atoms with Crippen LogP contribution in [0.25, 0.3) is 0 Å². The fourth-order valence-corrected chi connectivity index (χ4v) is 4.23. The molecule has 35 heavy (non-hydrogen) atoms. The van der Waals surface area contributed by atoms with E-state index in [0.717, 1.165) is 18.9 Å². The summed E-state index contributed by atoms with van der Waals surface area (Å²) in [6, 6.07) is 15.4. The van der Waals surface area contributed by atoms with Crippen molar-refractivity contribution in [1.29, 1.82) is 0 Å². The second-order valence-corrected chi connectivity index (χ2v) is 8.24. The SMILES string of the molecule is COc1ccc(CN2C(=O)c3ccccc3C2=O)cc1C(=O)Nc1ccc(N2CCOCC2)nc1. The molecule has 3 amide bonds. The van der Waals surface area contributed by atoms with E-state index in [2.05, 4.69) is 15.2 Å². The predicted octanol–water partition coefficient (Wildman–Crippen LogP) is 2.98. The number of hydrogen-bond acceptors (Lipinski definition) is 7. The van der Waals surface area contributed by atoms with Crippen molar-refractivity contribution < 1.29 is 23.9 Å². The molecule has 1 N–H and O–H groups in total. The number of carbonyl (C=O) groups excluding carboxylic acids is 3. The van der Waals surface area contributed by atoms with Gasteiger partial charge in [0.05, 0.1) is 55.4 Å². The van der Waals surface area contributed by atoms with Crippen LogP contribution in [0.2, 0.25) is 0 Å². The van der Waals surface area contributed by atoms with Crippen LogP contribution in [-0.4, -0.2) is 61.0 Å². The molecule has 5 rings (SSSR count). The van der Waals surface area contributed by atoms with Gasteiger partial charge in [0.1, 0.15) is 11.6 Å². The largest absolute Gasteiger partial charge is 0.496 e. The van der Waals surface area contributed by atoms with E-state index in [1.54, 1.807) is 54.7 Å². The molecular weight excluding hydrogens is 448 g/mol. The second kappa shape index (κ2) is 9.55. The van der Waals surface area contributed by atoms with Crippen molar-refractivity contribution in [1.82, 2.24) is 9.88 Å². The Labute approximate surface area is 202 Å². The van der Waals surface area contributed by atoms with Crippen molar-refractivity contribution in [2.75, 3.05) is 43.6 Å². The maximum atomic E-state index is 13.1. The number of rotatable bonds is 6. The highest BCUT2D eigenvalue weighted by Crippen LogP contribution is 2.27. The summed E-state index contributed by atoms with van der Waals surface area (Å²) in [6.45, 7) is 2.92. The van der Waals surface area contributed by atoms with Gasteiger partial charge < -0.3 is 19.7 Å². The molecule has 0 saturated carbocycles. The van der Waals surface area contributed by atoms with Crippen LogP contribution in [0, 0.1) is 0 Å². The molecule has 2 aromatic carbocycles. The van der Waals surface area contributed by atoms with E-state index >= 15 is 0 Å². The number of ether oxygens (including phenoxy) is 2. The molecule has 9 nitrogen and oxygen atoms in total. The standard InChI is InChI=1S/C26H24N4O5/c1-34-22-8-6-17(16-30-25(32)19-4-2-3-5-20(19)26(30)33)14-21(22)24(31)28-18-7-9-23(27-15-18)29-10-12-35-13-11-29/h2-9,14-15H,10-13,16H2,1H3,(H,28,31). The number of morpholine rings is 1. The number of hydrogen-bond donors (Lipinski definition) is 1. The van der Waals surface area contributed by atoms with Gasteiger partial charge in [-0.2, -0.15) is 0 Å². The highest BCUT2D eigenvalue weighted by molar-refractivity contribution is 6.21. The lowest BCUT2D eigenvalue weighted by Crippen LogP contribution is -2.36. The first kappa shape index (κ1) is 22.5. The first-order valence-electron chi connectivity index (χ1n) is 11.3. The molecule has 0 spiro atoms. The average molecular weight is 473 g/mol. The fraction of sp³-hybridized carbons (Fsp3) is 0.231. The van der Waals surface area contributed by atoms with Gasteiger partial charge in [0.25, 0.3) is 17.7 Å². The van der Waals surface area contributed by atoms with Crippen molar-refractivity contribution in [3.63, 3.8) is 0 Å². The van der Waals surface area contributed by atoms with E-state index in [9.17, 15) is 14.4 Å². The molecule has 0 radical (unpaired) electrons. The smallest absolute Gasteiger partial charge is 0.261 e. The maximum absolute atomic E-state index is 13.1. The van der Waals surface area contributed by atoms with Gasteiger partial charge in [0.15, 0.2) is 0 Å². The summed E-state index contributed by atoms with van der Waals surface area (Å²) in [5.74, 6) is 0.128. The van der Waals surface area contributed by atoms with Crippen LogP contribution in [-0.2, 0) is 11.3 Å². The Morgan fingerprint density at radius 1 is 1.03 bits per heavy atom. The molecule has 1 aromatic heterocycles. The van der Waals surface area contributed by atoms with E-state index in [0.29, 0.717) is 46.9 Å². The van der Waals surface area contributed by atoms with Crippen LogP contribution in [0.5, 0.6) is 5.75 Å². The Balaban J connectivity index is 1.32. The van der Waals surface area contributed by atoms with Crippen LogP contribution in [0.4, 0.5) is 11.5 Å². The summed E-state index contributed by atoms with van der Waals surface area (Å²) < 4.78 is 10.7. The first-order valence-corrected chi connectivity index (χ1v) is 11.3. The van der Waals surface area contributed by atoms with Crippen LogP contribution in [0.3, 0.4) is 0 Å². The third-order valence-electron chi connectivity index (χ3n) is 6.07. The minimum atomic E-state index is -0.382. The number of carbonyl (C=O) groups is 3. The van der Waals surface area contributed by atoms with E-state index in [-0.39, 0.29) is 24.3 Å². The van der Waals surface area contributed by atoms with E-state index in [1.807, 2.05) is 6.07 Å². The summed E-state index contributed by atoms with van der Waals surface area (Å²) in [4.78, 5) is 46.3. The molecule has 1 saturated heterocycles. The Kier molecular flexibility index (Phi) is 6.15. The number of methoxy groups -OCH3 is 1. The second-order valence-electron chi connectivity index (χ2n) is 8.24. The number of pyridine rings is 1. The zero-order valence-corrected chi connectivity index (χ0v) is 19.2. The van der Waals surface area contributed by atoms with Gasteiger partial charge in [-0.25, -0.2) is 4.98 Å². The van der Waals surface area contributed by atoms with Gasteiger partial charge in [0, 0.05) is 13.1 Å². The van der Waals surface area contributed by atoms with Crippen molar-refractivity contribution in [3.05, 3.63) is 83.0 Å². The summed E-state index contributed by atoms with van der Waals surface area (Å²) in [5, 5.41) is 2.84. The molecule has 2 aliphatic rings. The van der Waals surface area contributed by atoms with Crippen molar-refractivity contribution in [3.8, 4) is 5.75 Å². The van der Waals surface area contributed by atoms with Crippen LogP contribution in [0.1, 0.15) is 36.6 Å². The van der Waals surface area contributed by atoms with Gasteiger partial charge in [0.2, 0.25) is 0 Å². The Morgan fingerprint density at radius 3 is 2.37 bits per heavy atom. The molecule has 3 aromatic rings. The monoisotopic (exact) mass is 472 g/mol. The molecule has 0 aliphatic carbocycles. The molecule has 2 aliphatic heterocycles. The van der Waals surface area contributed by atoms with Crippen LogP contribution >= 0.6 is 0 Å². The molecule has 1 fully saturated rings. The van der Waals surface area contributed by atoms with E-state index in [4.69, 9.17) is 9.47 Å². The third-order valence-corrected chi connectivity index (χ3v) is 6.07. The van der Waals surface area contributed by atoms with Crippen LogP contribution in [0.15, 0.2) is 60.8 Å². The summed E-state index contributed by atoms with van der Waals surface area (Å²) in [7, 11) is 1.48. The number of imide groups is 1. The molecule has 0 unspecified atom stereocenters. The van der Waals surface area contributed by atoms with Gasteiger partial charge >= 0.3 is 0 Å². The number of fused-ring (bicyclic) bond motifs is 1. The maximum Gasteiger partial charge on any atom is 0.261 e. The van der Waals surface area contributed by atoms with Gasteiger partial charge in [-0.15, -0.1) is 0 Å². The quantitative estimate of drug-likeness (QED) is 0.551. The number of nitrogens with one attached hydrogen (secondary N) is 1. The zero-order valence-electron chi connectivity index (χ0n) is 19.2. The number of benzene rings is 2. The number of amides is 3. The minimum absolute atomic E-state index is 0.0480. The van der Waals surface area contributed by atoms with Crippen molar-refractivity contribution in [2.24, 2.45) is 0 Å². The molecule has 178 valence electrons. The number of aromatic nitrogens is 1. The molecule has 0 bridgehead atoms. The third kappa shape index (κ3) is 4.45. The van der Waals surface area contributed by atoms with Gasteiger partial charge in [-0.1, -0.05) is 18.2 Å². The van der Waals surface area contributed by atoms with Gasteiger partial charge in [-0.05, 0) is 42.0 Å². The van der Waals surface area contributed by atoms with Gasteiger partial charge in [-0.3, -0.25) is 19.3 Å². The molecule has 3 heterocycles. The molecule has 9 heteroatoms. The summed E-state index contributed by atoms with van der Waals surface area (Å²) in [6.07, 6.45) is 1.61. The highest BCUT2D eigenvalue weighted by atomic mass is 16.5. The summed E-state index contributed by atoms with van der Waals surface area (Å²) in [5.41, 5.74) is 2.24. The normalized spacial score (nSPS) is 15.2. The summed E-state index contributed by atoms with van der Waals surface area (Å²) >= 11 is 0.